The van der Waals surface area contributed by atoms with Crippen LogP contribution in [0.1, 0.15) is 58.5 Å². The molecule has 4 bridgehead atoms. The van der Waals surface area contributed by atoms with Gasteiger partial charge in [-0.05, 0) is 59.2 Å². The number of pyridine rings is 1. The Labute approximate surface area is 215 Å². The Hall–Kier alpha value is -2.33. The number of amides is 2. The Balaban J connectivity index is 2.26. The molecule has 1 aromatic heterocycles. The molecular formula is C27H43N5O4. The van der Waals surface area contributed by atoms with Gasteiger partial charge < -0.3 is 20.1 Å². The fourth-order valence-corrected chi connectivity index (χ4v) is 5.14. The van der Waals surface area contributed by atoms with Crippen molar-refractivity contribution in [1.29, 1.82) is 0 Å². The number of hydrogen-bond donors (Lipinski definition) is 2. The van der Waals surface area contributed by atoms with Crippen molar-refractivity contribution < 1.29 is 19.1 Å². The fraction of sp³-hybridized carbons (Fsp3) is 0.667. The molecule has 9 heteroatoms. The van der Waals surface area contributed by atoms with E-state index in [9.17, 15) is 9.59 Å². The maximum Gasteiger partial charge on any atom is 0.253 e. The lowest BCUT2D eigenvalue weighted by Crippen LogP contribution is -2.65. The van der Waals surface area contributed by atoms with Gasteiger partial charge in [0.15, 0.2) is 11.2 Å². The summed E-state index contributed by atoms with van der Waals surface area (Å²) in [6.45, 7) is 18.0. The van der Waals surface area contributed by atoms with E-state index < -0.39 is 22.3 Å². The van der Waals surface area contributed by atoms with Gasteiger partial charge in [-0.1, -0.05) is 12.7 Å². The standard InChI is InChI=1S/C27H43N5O4/c1-10-19-11-20-13-31-15-24(2,3)29-22(33)26(6,35-8)18-32(14-21(12-19)28-20)16-25(4,5)30-23(34)27(7,17-31)36-9/h10-12H,1,13-18H2,2-9H3,(H,29,33)(H,30,34)/t26-,27+. The van der Waals surface area contributed by atoms with Crippen LogP contribution < -0.4 is 10.6 Å². The van der Waals surface area contributed by atoms with E-state index in [1.807, 2.05) is 45.9 Å². The van der Waals surface area contributed by atoms with Crippen LogP contribution in [0.25, 0.3) is 6.08 Å². The number of nitrogens with zero attached hydrogens (tertiary/aromatic N) is 3. The summed E-state index contributed by atoms with van der Waals surface area (Å²) in [6.07, 6.45) is 1.82. The third kappa shape index (κ3) is 6.51. The molecule has 0 aliphatic carbocycles. The van der Waals surface area contributed by atoms with Crippen LogP contribution in [0.2, 0.25) is 0 Å². The van der Waals surface area contributed by atoms with Gasteiger partial charge in [-0.25, -0.2) is 0 Å². The second-order valence-corrected chi connectivity index (χ2v) is 11.9. The number of rotatable bonds is 3. The second kappa shape index (κ2) is 10.2. The smallest absolute Gasteiger partial charge is 0.253 e. The van der Waals surface area contributed by atoms with Gasteiger partial charge >= 0.3 is 0 Å². The Morgan fingerprint density at radius 3 is 1.53 bits per heavy atom. The van der Waals surface area contributed by atoms with Crippen molar-refractivity contribution in [3.63, 3.8) is 0 Å². The van der Waals surface area contributed by atoms with Crippen LogP contribution in [0.15, 0.2) is 18.7 Å². The Morgan fingerprint density at radius 1 is 0.806 bits per heavy atom. The molecule has 4 atom stereocenters. The first-order valence-corrected chi connectivity index (χ1v) is 12.5. The molecule has 3 heterocycles. The van der Waals surface area contributed by atoms with E-state index in [2.05, 4.69) is 27.0 Å². The molecule has 200 valence electrons. The highest BCUT2D eigenvalue weighted by Gasteiger charge is 2.43. The minimum atomic E-state index is -1.11. The van der Waals surface area contributed by atoms with Gasteiger partial charge in [0.2, 0.25) is 0 Å². The van der Waals surface area contributed by atoms with Gasteiger partial charge in [-0.2, -0.15) is 0 Å². The van der Waals surface area contributed by atoms with Crippen molar-refractivity contribution >= 4 is 17.9 Å². The molecule has 0 saturated carbocycles. The van der Waals surface area contributed by atoms with Gasteiger partial charge in [0.1, 0.15) is 0 Å². The second-order valence-electron chi connectivity index (χ2n) is 11.9. The summed E-state index contributed by atoms with van der Waals surface area (Å²) in [6, 6.07) is 4.04. The maximum absolute atomic E-state index is 13.6. The molecule has 1 aromatic rings. The van der Waals surface area contributed by atoms with Crippen molar-refractivity contribution in [2.24, 2.45) is 0 Å². The lowest BCUT2D eigenvalue weighted by Gasteiger charge is -2.43. The number of nitrogens with one attached hydrogen (secondary N) is 2. The SMILES string of the molecule is C=Cc1cc2nc(c1)CN1CC(C)(C)NC(=O)[C@](C)(OC)CN(C2)CC(C)(C)NC(=O)[C@@](C)(OC)C1. The average molecular weight is 502 g/mol. The van der Waals surface area contributed by atoms with Crippen molar-refractivity contribution in [3.05, 3.63) is 35.7 Å². The number of methoxy groups -OCH3 is 2. The van der Waals surface area contributed by atoms with E-state index >= 15 is 0 Å². The molecule has 2 aliphatic heterocycles. The molecule has 0 saturated heterocycles. The van der Waals surface area contributed by atoms with E-state index in [4.69, 9.17) is 14.5 Å². The monoisotopic (exact) mass is 501 g/mol. The van der Waals surface area contributed by atoms with Gasteiger partial charge in [0, 0.05) is 64.6 Å². The Morgan fingerprint density at radius 2 is 1.19 bits per heavy atom. The van der Waals surface area contributed by atoms with Crippen molar-refractivity contribution in [1.82, 2.24) is 25.4 Å². The van der Waals surface area contributed by atoms with Crippen LogP contribution in [0.4, 0.5) is 0 Å². The van der Waals surface area contributed by atoms with E-state index in [1.54, 1.807) is 28.1 Å². The average Bonchev–Trinajstić information content (AvgIpc) is 2.76. The zero-order chi connectivity index (χ0) is 26.9. The summed E-state index contributed by atoms with van der Waals surface area (Å²) in [5, 5.41) is 6.40. The highest BCUT2D eigenvalue weighted by Crippen LogP contribution is 2.24. The lowest BCUT2D eigenvalue weighted by molar-refractivity contribution is -0.150. The van der Waals surface area contributed by atoms with Crippen LogP contribution in [0.5, 0.6) is 0 Å². The molecule has 2 unspecified atom stereocenters. The molecule has 0 aromatic carbocycles. The molecule has 3 rings (SSSR count). The number of fused-ring (bicyclic) bond motifs is 2. The zero-order valence-electron chi connectivity index (χ0n) is 23.2. The first kappa shape index (κ1) is 28.2. The van der Waals surface area contributed by atoms with E-state index in [0.717, 1.165) is 17.0 Å². The summed E-state index contributed by atoms with van der Waals surface area (Å²) in [5.41, 5.74) is -0.746. The van der Waals surface area contributed by atoms with Gasteiger partial charge in [-0.15, -0.1) is 0 Å². The summed E-state index contributed by atoms with van der Waals surface area (Å²) < 4.78 is 11.7. The predicted octanol–water partition coefficient (Wildman–Crippen LogP) is 1.96. The molecule has 0 fully saturated rings. The number of carbonyl (C=O) groups excluding carboxylic acids is 2. The first-order valence-electron chi connectivity index (χ1n) is 12.5. The van der Waals surface area contributed by atoms with E-state index in [-0.39, 0.29) is 11.8 Å². The summed E-state index contributed by atoms with van der Waals surface area (Å²) >= 11 is 0. The van der Waals surface area contributed by atoms with Gasteiger partial charge in [0.25, 0.3) is 11.8 Å². The van der Waals surface area contributed by atoms with Crippen LogP contribution in [-0.4, -0.2) is 89.3 Å². The first-order chi connectivity index (χ1) is 16.6. The summed E-state index contributed by atoms with van der Waals surface area (Å²) in [7, 11) is 3.12. The normalized spacial score (nSPS) is 32.8. The number of aromatic nitrogens is 1. The minimum Gasteiger partial charge on any atom is -0.367 e. The Kier molecular flexibility index (Phi) is 8.01. The largest absolute Gasteiger partial charge is 0.367 e. The predicted molar refractivity (Wildman–Crippen MR) is 140 cm³/mol. The van der Waals surface area contributed by atoms with Crippen molar-refractivity contribution in [3.8, 4) is 0 Å². The van der Waals surface area contributed by atoms with Crippen LogP contribution in [0.3, 0.4) is 0 Å². The van der Waals surface area contributed by atoms with Crippen LogP contribution in [-0.2, 0) is 32.2 Å². The van der Waals surface area contributed by atoms with Crippen LogP contribution >= 0.6 is 0 Å². The summed E-state index contributed by atoms with van der Waals surface area (Å²) in [5.74, 6) is -0.363. The molecule has 9 nitrogen and oxygen atoms in total. The number of carbonyl (C=O) groups is 2. The molecule has 2 N–H and O–H groups in total. The minimum absolute atomic E-state index is 0.181. The summed E-state index contributed by atoms with van der Waals surface area (Å²) in [4.78, 5) is 36.4. The highest BCUT2D eigenvalue weighted by molar-refractivity contribution is 5.86. The quantitative estimate of drug-likeness (QED) is 0.654. The molecular weight excluding hydrogens is 458 g/mol. The molecule has 0 radical (unpaired) electrons. The topological polar surface area (TPSA) is 96.0 Å². The molecule has 36 heavy (non-hydrogen) atoms. The number of hydrogen-bond acceptors (Lipinski definition) is 7. The Bertz CT molecular complexity index is 938. The molecule has 2 amide bonds. The number of ether oxygens (including phenoxy) is 2. The molecule has 2 aliphatic rings. The van der Waals surface area contributed by atoms with Crippen molar-refractivity contribution in [2.75, 3.05) is 40.4 Å². The van der Waals surface area contributed by atoms with Gasteiger partial charge in [-0.3, -0.25) is 24.4 Å². The fourth-order valence-electron chi connectivity index (χ4n) is 5.14. The van der Waals surface area contributed by atoms with Crippen molar-refractivity contribution in [2.45, 2.75) is 76.9 Å². The van der Waals surface area contributed by atoms with E-state index in [0.29, 0.717) is 39.3 Å². The maximum atomic E-state index is 13.6. The van der Waals surface area contributed by atoms with Crippen LogP contribution in [0, 0.1) is 0 Å². The lowest BCUT2D eigenvalue weighted by atomic mass is 9.95. The third-order valence-electron chi connectivity index (χ3n) is 7.01. The zero-order valence-corrected chi connectivity index (χ0v) is 23.2. The molecule has 0 spiro atoms. The third-order valence-corrected chi connectivity index (χ3v) is 7.01. The van der Waals surface area contributed by atoms with Gasteiger partial charge in [0.05, 0.1) is 11.4 Å². The van der Waals surface area contributed by atoms with E-state index in [1.165, 1.54) is 0 Å². The highest BCUT2D eigenvalue weighted by atomic mass is 16.5.